The number of halogens is 1. The van der Waals surface area contributed by atoms with Crippen LogP contribution in [0.25, 0.3) is 0 Å². The number of anilines is 2. The number of nitrogens with one attached hydrogen (secondary N) is 1. The van der Waals surface area contributed by atoms with Crippen LogP contribution >= 0.6 is 0 Å². The van der Waals surface area contributed by atoms with Crippen molar-refractivity contribution >= 4 is 29.2 Å². The Morgan fingerprint density at radius 2 is 1.89 bits per heavy atom. The lowest BCUT2D eigenvalue weighted by Crippen LogP contribution is -2.39. The van der Waals surface area contributed by atoms with Crippen LogP contribution in [0.5, 0.6) is 5.75 Å². The number of amides is 4. The SMILES string of the molecule is COc1cccc(NC(=O)CN2C(=O)C(C)N(c3ccc(F)cc3)C2=O)c1. The van der Waals surface area contributed by atoms with Gasteiger partial charge in [-0.15, -0.1) is 0 Å². The van der Waals surface area contributed by atoms with Crippen molar-refractivity contribution in [1.82, 2.24) is 4.90 Å². The highest BCUT2D eigenvalue weighted by Crippen LogP contribution is 2.26. The molecular formula is C19H18FN3O4. The van der Waals surface area contributed by atoms with E-state index >= 15 is 0 Å². The summed E-state index contributed by atoms with van der Waals surface area (Å²) in [6.07, 6.45) is 0. The van der Waals surface area contributed by atoms with Crippen molar-refractivity contribution in [3.8, 4) is 5.75 Å². The van der Waals surface area contributed by atoms with Crippen LogP contribution in [0, 0.1) is 5.82 Å². The molecule has 1 unspecified atom stereocenters. The molecule has 7 nitrogen and oxygen atoms in total. The average Bonchev–Trinajstić information content (AvgIpc) is 2.86. The number of methoxy groups -OCH3 is 1. The smallest absolute Gasteiger partial charge is 0.332 e. The van der Waals surface area contributed by atoms with Crippen molar-refractivity contribution in [2.75, 3.05) is 23.9 Å². The van der Waals surface area contributed by atoms with Gasteiger partial charge in [-0.1, -0.05) is 6.07 Å². The molecule has 1 aliphatic heterocycles. The monoisotopic (exact) mass is 371 g/mol. The number of rotatable bonds is 5. The molecule has 27 heavy (non-hydrogen) atoms. The highest BCUT2D eigenvalue weighted by atomic mass is 19.1. The molecule has 1 fully saturated rings. The zero-order valence-corrected chi connectivity index (χ0v) is 14.8. The van der Waals surface area contributed by atoms with Gasteiger partial charge < -0.3 is 10.1 Å². The molecule has 1 N–H and O–H groups in total. The van der Waals surface area contributed by atoms with Gasteiger partial charge in [0.1, 0.15) is 24.2 Å². The molecule has 0 spiro atoms. The highest BCUT2D eigenvalue weighted by molar-refractivity contribution is 6.16. The normalized spacial score (nSPS) is 16.6. The quantitative estimate of drug-likeness (QED) is 0.820. The van der Waals surface area contributed by atoms with E-state index in [1.54, 1.807) is 31.2 Å². The number of carbonyl (C=O) groups is 3. The summed E-state index contributed by atoms with van der Waals surface area (Å²) in [4.78, 5) is 39.5. The molecule has 140 valence electrons. The maximum Gasteiger partial charge on any atom is 0.332 e. The summed E-state index contributed by atoms with van der Waals surface area (Å²) in [5, 5.41) is 2.63. The molecule has 0 bridgehead atoms. The maximum atomic E-state index is 13.1. The van der Waals surface area contributed by atoms with Crippen LogP contribution in [0.2, 0.25) is 0 Å². The Bertz CT molecular complexity index is 885. The third-order valence-corrected chi connectivity index (χ3v) is 4.21. The van der Waals surface area contributed by atoms with Crippen LogP contribution in [0.1, 0.15) is 6.92 Å². The molecule has 1 atom stereocenters. The first-order valence-corrected chi connectivity index (χ1v) is 8.24. The van der Waals surface area contributed by atoms with E-state index in [2.05, 4.69) is 5.32 Å². The first kappa shape index (κ1) is 18.4. The molecule has 2 aromatic rings. The molecule has 0 radical (unpaired) electrons. The fourth-order valence-electron chi connectivity index (χ4n) is 2.85. The fraction of sp³-hybridized carbons (Fsp3) is 0.211. The molecule has 0 saturated carbocycles. The van der Waals surface area contributed by atoms with Gasteiger partial charge in [0.25, 0.3) is 5.91 Å². The van der Waals surface area contributed by atoms with Gasteiger partial charge in [-0.25, -0.2) is 9.18 Å². The van der Waals surface area contributed by atoms with Gasteiger partial charge in [-0.3, -0.25) is 19.4 Å². The lowest BCUT2D eigenvalue weighted by Gasteiger charge is -2.19. The molecule has 1 heterocycles. The first-order chi connectivity index (χ1) is 12.9. The summed E-state index contributed by atoms with van der Waals surface area (Å²) < 4.78 is 18.2. The van der Waals surface area contributed by atoms with Crippen molar-refractivity contribution < 1.29 is 23.5 Å². The molecule has 1 aliphatic rings. The van der Waals surface area contributed by atoms with Crippen LogP contribution < -0.4 is 15.0 Å². The van der Waals surface area contributed by atoms with Crippen molar-refractivity contribution in [3.05, 3.63) is 54.3 Å². The summed E-state index contributed by atoms with van der Waals surface area (Å²) >= 11 is 0. The van der Waals surface area contributed by atoms with Gasteiger partial charge in [-0.05, 0) is 43.3 Å². The van der Waals surface area contributed by atoms with Gasteiger partial charge in [0.05, 0.1) is 7.11 Å². The van der Waals surface area contributed by atoms with Crippen LogP contribution in [0.3, 0.4) is 0 Å². The van der Waals surface area contributed by atoms with Crippen molar-refractivity contribution in [2.24, 2.45) is 0 Å². The summed E-state index contributed by atoms with van der Waals surface area (Å²) in [5.41, 5.74) is 0.875. The summed E-state index contributed by atoms with van der Waals surface area (Å²) in [6, 6.07) is 10.6. The molecule has 0 aliphatic carbocycles. The Hall–Kier alpha value is -3.42. The fourth-order valence-corrected chi connectivity index (χ4v) is 2.85. The van der Waals surface area contributed by atoms with Crippen molar-refractivity contribution in [2.45, 2.75) is 13.0 Å². The first-order valence-electron chi connectivity index (χ1n) is 8.24. The van der Waals surface area contributed by atoms with Gasteiger partial charge in [0.15, 0.2) is 0 Å². The summed E-state index contributed by atoms with van der Waals surface area (Å²) in [5.74, 6) is -0.889. The van der Waals surface area contributed by atoms with Gasteiger partial charge in [0.2, 0.25) is 5.91 Å². The lowest BCUT2D eigenvalue weighted by atomic mass is 10.2. The minimum atomic E-state index is -0.785. The third-order valence-electron chi connectivity index (χ3n) is 4.21. The molecular weight excluding hydrogens is 353 g/mol. The number of benzene rings is 2. The number of hydrogen-bond acceptors (Lipinski definition) is 4. The summed E-state index contributed by atoms with van der Waals surface area (Å²) in [7, 11) is 1.51. The minimum Gasteiger partial charge on any atom is -0.497 e. The van der Waals surface area contributed by atoms with Crippen LogP contribution in [0.4, 0.5) is 20.6 Å². The Kier molecular flexibility index (Phi) is 5.07. The summed E-state index contributed by atoms with van der Waals surface area (Å²) in [6.45, 7) is 1.14. The maximum absolute atomic E-state index is 13.1. The minimum absolute atomic E-state index is 0.387. The zero-order valence-electron chi connectivity index (χ0n) is 14.8. The average molecular weight is 371 g/mol. The van der Waals surface area contributed by atoms with E-state index in [0.717, 1.165) is 4.90 Å². The topological polar surface area (TPSA) is 79.0 Å². The number of nitrogens with zero attached hydrogens (tertiary/aromatic N) is 2. The molecule has 2 aromatic carbocycles. The Morgan fingerprint density at radius 1 is 1.19 bits per heavy atom. The molecule has 4 amide bonds. The van der Waals surface area contributed by atoms with Gasteiger partial charge in [-0.2, -0.15) is 0 Å². The Morgan fingerprint density at radius 3 is 2.56 bits per heavy atom. The second-order valence-electron chi connectivity index (χ2n) is 6.01. The number of ether oxygens (including phenoxy) is 1. The molecule has 1 saturated heterocycles. The van der Waals surface area contributed by atoms with E-state index in [4.69, 9.17) is 4.74 Å². The van der Waals surface area contributed by atoms with Crippen molar-refractivity contribution in [1.29, 1.82) is 0 Å². The van der Waals surface area contributed by atoms with E-state index in [0.29, 0.717) is 17.1 Å². The highest BCUT2D eigenvalue weighted by Gasteiger charge is 2.44. The number of carbonyl (C=O) groups excluding carboxylic acids is 3. The molecule has 3 rings (SSSR count). The van der Waals surface area contributed by atoms with E-state index in [9.17, 15) is 18.8 Å². The second kappa shape index (κ2) is 7.45. The van der Waals surface area contributed by atoms with Crippen LogP contribution in [0.15, 0.2) is 48.5 Å². The second-order valence-corrected chi connectivity index (χ2v) is 6.01. The lowest BCUT2D eigenvalue weighted by molar-refractivity contribution is -0.130. The Balaban J connectivity index is 1.72. The Labute approximate surface area is 155 Å². The number of imide groups is 1. The van der Waals surface area contributed by atoms with E-state index in [1.165, 1.54) is 36.3 Å². The van der Waals surface area contributed by atoms with E-state index < -0.39 is 36.2 Å². The zero-order chi connectivity index (χ0) is 19.6. The van der Waals surface area contributed by atoms with Crippen LogP contribution in [-0.4, -0.2) is 42.4 Å². The standard InChI is InChI=1S/C19H18FN3O4/c1-12-18(25)22(19(26)23(12)15-8-6-13(20)7-9-15)11-17(24)21-14-4-3-5-16(10-14)27-2/h3-10,12H,11H2,1-2H3,(H,21,24). The molecule has 0 aromatic heterocycles. The predicted molar refractivity (Wildman–Crippen MR) is 97.1 cm³/mol. The van der Waals surface area contributed by atoms with Crippen LogP contribution in [-0.2, 0) is 9.59 Å². The van der Waals surface area contributed by atoms with Gasteiger partial charge in [0, 0.05) is 17.4 Å². The van der Waals surface area contributed by atoms with E-state index in [-0.39, 0.29) is 0 Å². The number of hydrogen-bond donors (Lipinski definition) is 1. The van der Waals surface area contributed by atoms with Gasteiger partial charge >= 0.3 is 6.03 Å². The predicted octanol–water partition coefficient (Wildman–Crippen LogP) is 2.63. The third kappa shape index (κ3) is 3.74. The largest absolute Gasteiger partial charge is 0.497 e. The number of urea groups is 1. The van der Waals surface area contributed by atoms with E-state index in [1.807, 2.05) is 0 Å². The van der Waals surface area contributed by atoms with Crippen molar-refractivity contribution in [3.63, 3.8) is 0 Å². The molecule has 8 heteroatoms.